The summed E-state index contributed by atoms with van der Waals surface area (Å²) in [5.74, 6) is -0.0928. The van der Waals surface area contributed by atoms with Gasteiger partial charge >= 0.3 is 0 Å². The minimum absolute atomic E-state index is 0.0450. The number of rotatable bonds is 4. The Balaban J connectivity index is 2.20. The molecule has 0 aromatic heterocycles. The topological polar surface area (TPSA) is 38.7 Å². The number of methoxy groups -OCH3 is 2. The highest BCUT2D eigenvalue weighted by Gasteiger charge is 2.17. The van der Waals surface area contributed by atoms with Gasteiger partial charge in [0.25, 0.3) is 0 Å². The number of aromatic hydroxyl groups is 1. The monoisotopic (exact) mass is 312 g/mol. The van der Waals surface area contributed by atoms with Crippen LogP contribution in [0.1, 0.15) is 11.1 Å². The Bertz CT molecular complexity index is 844. The van der Waals surface area contributed by atoms with Crippen molar-refractivity contribution in [3.05, 3.63) is 65.5 Å². The van der Waals surface area contributed by atoms with Gasteiger partial charge in [-0.15, -0.1) is 0 Å². The van der Waals surface area contributed by atoms with Gasteiger partial charge in [0.2, 0.25) is 0 Å². The zero-order chi connectivity index (χ0) is 16.4. The van der Waals surface area contributed by atoms with Gasteiger partial charge in [0, 0.05) is 11.5 Å². The molecule has 118 valence electrons. The number of hydrogen-bond acceptors (Lipinski definition) is 3. The van der Waals surface area contributed by atoms with Crippen LogP contribution in [0.2, 0.25) is 0 Å². The molecule has 3 aromatic carbocycles. The minimum atomic E-state index is -0.520. The molecule has 0 aliphatic heterocycles. The average molecular weight is 312 g/mol. The van der Waals surface area contributed by atoms with Gasteiger partial charge in [0.15, 0.2) is 11.6 Å². The molecule has 0 saturated carbocycles. The molecule has 0 amide bonds. The van der Waals surface area contributed by atoms with E-state index in [0.717, 1.165) is 11.1 Å². The second-order valence-electron chi connectivity index (χ2n) is 5.29. The predicted octanol–water partition coefficient (Wildman–Crippen LogP) is 4.29. The maximum absolute atomic E-state index is 14.2. The van der Waals surface area contributed by atoms with Crippen molar-refractivity contribution >= 4 is 10.8 Å². The standard InChI is InChI=1S/C19H17FO3/c1-22-17-11-15(20)19(23-2)14-9-13(10-16(21)18(14)17)8-12-6-4-3-5-7-12/h3-7,9-11,21H,8H2,1-2H3. The van der Waals surface area contributed by atoms with E-state index in [1.54, 1.807) is 6.07 Å². The van der Waals surface area contributed by atoms with E-state index in [-0.39, 0.29) is 17.2 Å². The molecule has 0 bridgehead atoms. The maximum atomic E-state index is 14.2. The van der Waals surface area contributed by atoms with E-state index in [2.05, 4.69) is 0 Å². The zero-order valence-corrected chi connectivity index (χ0v) is 13.0. The first-order valence-corrected chi connectivity index (χ1v) is 7.24. The molecule has 3 rings (SSSR count). The van der Waals surface area contributed by atoms with Gasteiger partial charge in [-0.3, -0.25) is 0 Å². The lowest BCUT2D eigenvalue weighted by Crippen LogP contribution is -1.96. The molecular weight excluding hydrogens is 295 g/mol. The van der Waals surface area contributed by atoms with E-state index < -0.39 is 5.82 Å². The summed E-state index contributed by atoms with van der Waals surface area (Å²) >= 11 is 0. The molecule has 0 saturated heterocycles. The van der Waals surface area contributed by atoms with Crippen LogP contribution in [0.3, 0.4) is 0 Å². The third-order valence-corrected chi connectivity index (χ3v) is 3.82. The van der Waals surface area contributed by atoms with Crippen LogP contribution in [0.5, 0.6) is 17.2 Å². The largest absolute Gasteiger partial charge is 0.507 e. The Hall–Kier alpha value is -2.75. The van der Waals surface area contributed by atoms with Crippen molar-refractivity contribution in [1.82, 2.24) is 0 Å². The van der Waals surface area contributed by atoms with Crippen molar-refractivity contribution < 1.29 is 19.0 Å². The SMILES string of the molecule is COc1c(F)cc(OC)c2c(O)cc(Cc3ccccc3)cc12. The van der Waals surface area contributed by atoms with Crippen molar-refractivity contribution in [2.45, 2.75) is 6.42 Å². The molecular formula is C19H17FO3. The molecule has 0 radical (unpaired) electrons. The number of benzene rings is 3. The Morgan fingerprint density at radius 2 is 1.70 bits per heavy atom. The minimum Gasteiger partial charge on any atom is -0.507 e. The Morgan fingerprint density at radius 3 is 2.35 bits per heavy atom. The highest BCUT2D eigenvalue weighted by molar-refractivity contribution is 5.98. The first-order chi connectivity index (χ1) is 11.1. The fourth-order valence-electron chi connectivity index (χ4n) is 2.81. The third kappa shape index (κ3) is 2.80. The molecule has 0 heterocycles. The third-order valence-electron chi connectivity index (χ3n) is 3.82. The fourth-order valence-corrected chi connectivity index (χ4v) is 2.81. The number of hydrogen-bond donors (Lipinski definition) is 1. The van der Waals surface area contributed by atoms with Gasteiger partial charge in [0.1, 0.15) is 11.5 Å². The predicted molar refractivity (Wildman–Crippen MR) is 87.9 cm³/mol. The smallest absolute Gasteiger partial charge is 0.169 e. The lowest BCUT2D eigenvalue weighted by Gasteiger charge is -2.14. The number of ether oxygens (including phenoxy) is 2. The second-order valence-corrected chi connectivity index (χ2v) is 5.29. The number of halogens is 1. The van der Waals surface area contributed by atoms with Crippen molar-refractivity contribution in [3.63, 3.8) is 0 Å². The molecule has 3 aromatic rings. The first-order valence-electron chi connectivity index (χ1n) is 7.24. The molecule has 3 nitrogen and oxygen atoms in total. The van der Waals surface area contributed by atoms with Crippen LogP contribution in [-0.4, -0.2) is 19.3 Å². The summed E-state index contributed by atoms with van der Waals surface area (Å²) in [6.45, 7) is 0. The van der Waals surface area contributed by atoms with Crippen molar-refractivity contribution in [3.8, 4) is 17.2 Å². The Kier molecular flexibility index (Phi) is 4.06. The average Bonchev–Trinajstić information content (AvgIpc) is 2.54. The van der Waals surface area contributed by atoms with E-state index in [9.17, 15) is 9.50 Å². The van der Waals surface area contributed by atoms with Gasteiger partial charge in [-0.25, -0.2) is 4.39 Å². The van der Waals surface area contributed by atoms with Crippen LogP contribution >= 0.6 is 0 Å². The summed E-state index contributed by atoms with van der Waals surface area (Å²) in [7, 11) is 2.85. The molecule has 0 aliphatic carbocycles. The summed E-state index contributed by atoms with van der Waals surface area (Å²) in [5, 5.41) is 11.3. The highest BCUT2D eigenvalue weighted by atomic mass is 19.1. The van der Waals surface area contributed by atoms with Gasteiger partial charge in [-0.2, -0.15) is 0 Å². The van der Waals surface area contributed by atoms with Gasteiger partial charge < -0.3 is 14.6 Å². The second kappa shape index (κ2) is 6.16. The van der Waals surface area contributed by atoms with Crippen molar-refractivity contribution in [1.29, 1.82) is 0 Å². The first kappa shape index (κ1) is 15.2. The molecule has 4 heteroatoms. The summed E-state index contributed by atoms with van der Waals surface area (Å²) in [6, 6.07) is 14.6. The highest BCUT2D eigenvalue weighted by Crippen LogP contribution is 2.41. The Labute approximate surface area is 133 Å². The fraction of sp³-hybridized carbons (Fsp3) is 0.158. The maximum Gasteiger partial charge on any atom is 0.169 e. The van der Waals surface area contributed by atoms with E-state index in [4.69, 9.17) is 9.47 Å². The summed E-state index contributed by atoms with van der Waals surface area (Å²) in [4.78, 5) is 0. The lowest BCUT2D eigenvalue weighted by molar-refractivity contribution is 0.383. The van der Waals surface area contributed by atoms with Crippen molar-refractivity contribution in [2.75, 3.05) is 14.2 Å². The number of fused-ring (bicyclic) bond motifs is 1. The van der Waals surface area contributed by atoms with Crippen LogP contribution in [-0.2, 0) is 6.42 Å². The molecule has 0 atom stereocenters. The molecule has 0 aliphatic rings. The normalized spacial score (nSPS) is 10.7. The summed E-state index contributed by atoms with van der Waals surface area (Å²) in [6.07, 6.45) is 0.631. The number of phenolic OH excluding ortho intramolecular Hbond substituents is 1. The summed E-state index contributed by atoms with van der Waals surface area (Å²) < 4.78 is 24.5. The molecule has 0 spiro atoms. The molecule has 0 fully saturated rings. The van der Waals surface area contributed by atoms with Crippen LogP contribution in [0.4, 0.5) is 4.39 Å². The summed E-state index contributed by atoms with van der Waals surface area (Å²) in [5.41, 5.74) is 1.97. The van der Waals surface area contributed by atoms with Crippen LogP contribution in [0.15, 0.2) is 48.5 Å². The van der Waals surface area contributed by atoms with E-state index >= 15 is 0 Å². The van der Waals surface area contributed by atoms with E-state index in [0.29, 0.717) is 17.2 Å². The lowest BCUT2D eigenvalue weighted by atomic mass is 9.99. The van der Waals surface area contributed by atoms with Crippen LogP contribution in [0.25, 0.3) is 10.8 Å². The van der Waals surface area contributed by atoms with Crippen LogP contribution < -0.4 is 9.47 Å². The van der Waals surface area contributed by atoms with Crippen LogP contribution in [0, 0.1) is 5.82 Å². The van der Waals surface area contributed by atoms with Crippen molar-refractivity contribution in [2.24, 2.45) is 0 Å². The van der Waals surface area contributed by atoms with E-state index in [1.807, 2.05) is 36.4 Å². The van der Waals surface area contributed by atoms with Gasteiger partial charge in [0.05, 0.1) is 19.6 Å². The molecule has 1 N–H and O–H groups in total. The molecule has 23 heavy (non-hydrogen) atoms. The molecule has 0 unspecified atom stereocenters. The quantitative estimate of drug-likeness (QED) is 0.781. The van der Waals surface area contributed by atoms with E-state index in [1.165, 1.54) is 20.3 Å². The van der Waals surface area contributed by atoms with Gasteiger partial charge in [-0.05, 0) is 29.7 Å². The Morgan fingerprint density at radius 1 is 0.957 bits per heavy atom. The van der Waals surface area contributed by atoms with Gasteiger partial charge in [-0.1, -0.05) is 30.3 Å². The number of phenols is 1. The zero-order valence-electron chi connectivity index (χ0n) is 13.0.